The summed E-state index contributed by atoms with van der Waals surface area (Å²) in [5.41, 5.74) is 3.51. The van der Waals surface area contributed by atoms with Crippen LogP contribution < -0.4 is 4.74 Å². The number of fused-ring (bicyclic) bond motifs is 1. The van der Waals surface area contributed by atoms with E-state index in [9.17, 15) is 14.7 Å². The molecular formula is C27H32N2O4. The average molecular weight is 449 g/mol. The third kappa shape index (κ3) is 4.27. The number of likely N-dealkylation sites (tertiary alicyclic amines) is 1. The maximum absolute atomic E-state index is 13.2. The highest BCUT2D eigenvalue weighted by Gasteiger charge is 2.46. The Morgan fingerprint density at radius 1 is 1.15 bits per heavy atom. The van der Waals surface area contributed by atoms with Crippen molar-refractivity contribution in [1.29, 1.82) is 0 Å². The van der Waals surface area contributed by atoms with Gasteiger partial charge >= 0.3 is 0 Å². The minimum absolute atomic E-state index is 0.0787. The molecule has 2 heterocycles. The summed E-state index contributed by atoms with van der Waals surface area (Å²) in [6.07, 6.45) is 0.825. The summed E-state index contributed by atoms with van der Waals surface area (Å²) < 4.78 is 5.77. The summed E-state index contributed by atoms with van der Waals surface area (Å²) in [5.74, 6) is -0.524. The number of rotatable bonds is 7. The average Bonchev–Trinajstić information content (AvgIpc) is 3.30. The third-order valence-electron chi connectivity index (χ3n) is 6.74. The summed E-state index contributed by atoms with van der Waals surface area (Å²) in [7, 11) is 0. The van der Waals surface area contributed by atoms with E-state index in [1.165, 1.54) is 0 Å². The van der Waals surface area contributed by atoms with Gasteiger partial charge in [-0.3, -0.25) is 9.59 Å². The van der Waals surface area contributed by atoms with E-state index in [4.69, 9.17) is 4.74 Å². The molecule has 2 aromatic carbocycles. The van der Waals surface area contributed by atoms with E-state index in [0.29, 0.717) is 18.7 Å². The zero-order valence-electron chi connectivity index (χ0n) is 19.8. The number of hydrogen-bond acceptors (Lipinski definition) is 5. The maximum atomic E-state index is 13.2. The monoisotopic (exact) mass is 448 g/mol. The Labute approximate surface area is 195 Å². The van der Waals surface area contributed by atoms with Crippen molar-refractivity contribution in [3.63, 3.8) is 0 Å². The van der Waals surface area contributed by atoms with Gasteiger partial charge in [0.15, 0.2) is 0 Å². The second-order valence-electron chi connectivity index (χ2n) is 8.83. The molecule has 2 aliphatic rings. The van der Waals surface area contributed by atoms with Crippen LogP contribution in [-0.2, 0) is 16.0 Å². The number of benzene rings is 2. The quantitative estimate of drug-likeness (QED) is 0.393. The number of carbonyl (C=O) groups excluding carboxylic acids is 2. The molecule has 1 fully saturated rings. The summed E-state index contributed by atoms with van der Waals surface area (Å²) >= 11 is 0. The van der Waals surface area contributed by atoms with Crippen molar-refractivity contribution in [3.05, 3.63) is 70.3 Å². The standard InChI is InChI=1S/C27H32N2O4/c1-5-28(6-2)13-14-29-24(21-10-8-7-9-17(21)3)23(26(31)27(29)32)25(30)19-11-12-22-20(16-19)15-18(4)33-22/h7-12,16,18,24,30H,5-6,13-15H2,1-4H3/b25-23+. The minimum atomic E-state index is -0.634. The van der Waals surface area contributed by atoms with E-state index in [2.05, 4.69) is 18.7 Å². The first-order chi connectivity index (χ1) is 15.8. The number of amides is 1. The molecule has 0 radical (unpaired) electrons. The van der Waals surface area contributed by atoms with Gasteiger partial charge in [-0.2, -0.15) is 0 Å². The largest absolute Gasteiger partial charge is 0.507 e. The van der Waals surface area contributed by atoms with Gasteiger partial charge in [0, 0.05) is 25.1 Å². The molecule has 0 spiro atoms. The smallest absolute Gasteiger partial charge is 0.295 e. The maximum Gasteiger partial charge on any atom is 0.295 e. The van der Waals surface area contributed by atoms with Crippen molar-refractivity contribution in [2.24, 2.45) is 0 Å². The fourth-order valence-electron chi connectivity index (χ4n) is 4.84. The van der Waals surface area contributed by atoms with Crippen LogP contribution in [0.2, 0.25) is 0 Å². The van der Waals surface area contributed by atoms with Crippen molar-refractivity contribution < 1.29 is 19.4 Å². The number of hydrogen-bond donors (Lipinski definition) is 1. The van der Waals surface area contributed by atoms with Crippen LogP contribution in [0.15, 0.2) is 48.0 Å². The molecule has 4 rings (SSSR count). The second kappa shape index (κ2) is 9.40. The minimum Gasteiger partial charge on any atom is -0.507 e. The molecule has 2 unspecified atom stereocenters. The van der Waals surface area contributed by atoms with Crippen LogP contribution in [0, 0.1) is 6.92 Å². The van der Waals surface area contributed by atoms with Crippen LogP contribution in [0.25, 0.3) is 5.76 Å². The number of carbonyl (C=O) groups is 2. The Kier molecular flexibility index (Phi) is 6.56. The molecule has 1 amide bonds. The Hall–Kier alpha value is -3.12. The molecule has 1 saturated heterocycles. The highest BCUT2D eigenvalue weighted by molar-refractivity contribution is 6.46. The number of aryl methyl sites for hydroxylation is 1. The van der Waals surface area contributed by atoms with Gasteiger partial charge in [0.25, 0.3) is 11.7 Å². The van der Waals surface area contributed by atoms with E-state index in [-0.39, 0.29) is 17.4 Å². The van der Waals surface area contributed by atoms with Gasteiger partial charge in [-0.15, -0.1) is 0 Å². The van der Waals surface area contributed by atoms with E-state index < -0.39 is 17.7 Å². The normalized spacial score (nSPS) is 21.5. The van der Waals surface area contributed by atoms with Crippen molar-refractivity contribution in [1.82, 2.24) is 9.80 Å². The van der Waals surface area contributed by atoms with Crippen LogP contribution in [0.1, 0.15) is 49.1 Å². The van der Waals surface area contributed by atoms with Gasteiger partial charge in [0.1, 0.15) is 17.6 Å². The zero-order valence-corrected chi connectivity index (χ0v) is 19.8. The predicted octanol–water partition coefficient (Wildman–Crippen LogP) is 4.08. The SMILES string of the molecule is CCN(CC)CCN1C(=O)C(=O)/C(=C(/O)c2ccc3c(c2)CC(C)O3)C1c1ccccc1C. The van der Waals surface area contributed by atoms with Gasteiger partial charge < -0.3 is 19.6 Å². The molecule has 2 aliphatic heterocycles. The van der Waals surface area contributed by atoms with E-state index in [1.807, 2.05) is 50.2 Å². The summed E-state index contributed by atoms with van der Waals surface area (Å²) in [5, 5.41) is 11.3. The van der Waals surface area contributed by atoms with Gasteiger partial charge in [0.2, 0.25) is 0 Å². The molecule has 174 valence electrons. The molecular weight excluding hydrogens is 416 g/mol. The molecule has 0 saturated carbocycles. The number of likely N-dealkylation sites (N-methyl/N-ethyl adjacent to an activating group) is 1. The lowest BCUT2D eigenvalue weighted by Crippen LogP contribution is -2.38. The van der Waals surface area contributed by atoms with Crippen LogP contribution >= 0.6 is 0 Å². The molecule has 2 atom stereocenters. The van der Waals surface area contributed by atoms with E-state index >= 15 is 0 Å². The van der Waals surface area contributed by atoms with Gasteiger partial charge in [-0.05, 0) is 61.8 Å². The Balaban J connectivity index is 1.80. The first-order valence-electron chi connectivity index (χ1n) is 11.7. The third-order valence-corrected chi connectivity index (χ3v) is 6.74. The Morgan fingerprint density at radius 3 is 2.58 bits per heavy atom. The number of ether oxygens (including phenoxy) is 1. The fourth-order valence-corrected chi connectivity index (χ4v) is 4.84. The van der Waals surface area contributed by atoms with Crippen LogP contribution in [-0.4, -0.2) is 58.9 Å². The van der Waals surface area contributed by atoms with Gasteiger partial charge in [-0.25, -0.2) is 0 Å². The molecule has 33 heavy (non-hydrogen) atoms. The Morgan fingerprint density at radius 2 is 1.88 bits per heavy atom. The van der Waals surface area contributed by atoms with Crippen molar-refractivity contribution in [2.75, 3.05) is 26.2 Å². The molecule has 2 aromatic rings. The number of aliphatic hydroxyl groups is 1. The van der Waals surface area contributed by atoms with Crippen LogP contribution in [0.5, 0.6) is 5.75 Å². The van der Waals surface area contributed by atoms with Gasteiger partial charge in [0.05, 0.1) is 11.6 Å². The highest BCUT2D eigenvalue weighted by Crippen LogP contribution is 2.41. The molecule has 0 aromatic heterocycles. The van der Waals surface area contributed by atoms with E-state index in [0.717, 1.165) is 42.0 Å². The van der Waals surface area contributed by atoms with Crippen molar-refractivity contribution in [2.45, 2.75) is 46.3 Å². The second-order valence-corrected chi connectivity index (χ2v) is 8.83. The summed E-state index contributed by atoms with van der Waals surface area (Å²) in [6, 6.07) is 12.6. The van der Waals surface area contributed by atoms with E-state index in [1.54, 1.807) is 11.0 Å². The zero-order chi connectivity index (χ0) is 23.7. The molecule has 6 heteroatoms. The molecule has 1 N–H and O–H groups in total. The van der Waals surface area contributed by atoms with Crippen molar-refractivity contribution in [3.8, 4) is 5.75 Å². The molecule has 0 aliphatic carbocycles. The van der Waals surface area contributed by atoms with Crippen LogP contribution in [0.3, 0.4) is 0 Å². The predicted molar refractivity (Wildman–Crippen MR) is 128 cm³/mol. The fraction of sp³-hybridized carbons (Fsp3) is 0.407. The number of Topliss-reactive ketones (excluding diaryl/α,β-unsaturated/α-hetero) is 1. The molecule has 6 nitrogen and oxygen atoms in total. The molecule has 0 bridgehead atoms. The Bertz CT molecular complexity index is 1100. The number of nitrogens with zero attached hydrogens (tertiary/aromatic N) is 2. The first kappa shape index (κ1) is 23.1. The summed E-state index contributed by atoms with van der Waals surface area (Å²) in [4.78, 5) is 30.2. The topological polar surface area (TPSA) is 70.1 Å². The van der Waals surface area contributed by atoms with Crippen LogP contribution in [0.4, 0.5) is 0 Å². The van der Waals surface area contributed by atoms with Crippen molar-refractivity contribution >= 4 is 17.4 Å². The van der Waals surface area contributed by atoms with Gasteiger partial charge in [-0.1, -0.05) is 38.1 Å². The lowest BCUT2D eigenvalue weighted by Gasteiger charge is -2.29. The number of ketones is 1. The lowest BCUT2D eigenvalue weighted by molar-refractivity contribution is -0.140. The number of aliphatic hydroxyl groups excluding tert-OH is 1. The highest BCUT2D eigenvalue weighted by atomic mass is 16.5. The first-order valence-corrected chi connectivity index (χ1v) is 11.7. The lowest BCUT2D eigenvalue weighted by atomic mass is 9.92. The summed E-state index contributed by atoms with van der Waals surface area (Å²) in [6.45, 7) is 10.9.